The van der Waals surface area contributed by atoms with Crippen molar-refractivity contribution in [1.29, 1.82) is 0 Å². The fourth-order valence-electron chi connectivity index (χ4n) is 1.12. The van der Waals surface area contributed by atoms with Crippen molar-refractivity contribution in [2.75, 3.05) is 0 Å². The molecule has 0 unspecified atom stereocenters. The highest BCUT2D eigenvalue weighted by molar-refractivity contribution is 6.18. The van der Waals surface area contributed by atoms with E-state index in [1.165, 1.54) is 22.5 Å². The van der Waals surface area contributed by atoms with Crippen LogP contribution in [0.1, 0.15) is 10.4 Å². The summed E-state index contributed by atoms with van der Waals surface area (Å²) < 4.78 is 1.32. The summed E-state index contributed by atoms with van der Waals surface area (Å²) in [6.07, 6.45) is 1.43. The molecule has 0 saturated heterocycles. The van der Waals surface area contributed by atoms with E-state index in [1.807, 2.05) is 0 Å². The molecule has 0 spiro atoms. The van der Waals surface area contributed by atoms with Crippen LogP contribution >= 0.6 is 11.8 Å². The van der Waals surface area contributed by atoms with Crippen LogP contribution in [0.3, 0.4) is 0 Å². The first-order valence-corrected chi connectivity index (χ1v) is 3.89. The summed E-state index contributed by atoms with van der Waals surface area (Å²) in [6.45, 7) is 0. The van der Waals surface area contributed by atoms with Crippen molar-refractivity contribution in [1.82, 2.24) is 9.07 Å². The Labute approximate surface area is 78.5 Å². The summed E-state index contributed by atoms with van der Waals surface area (Å²) in [5.74, 6) is -0.967. The second kappa shape index (κ2) is 2.74. The zero-order valence-electron chi connectivity index (χ0n) is 6.44. The van der Waals surface area contributed by atoms with E-state index in [9.17, 15) is 4.79 Å². The number of fused-ring (bicyclic) bond motifs is 1. The van der Waals surface area contributed by atoms with Crippen LogP contribution in [0.15, 0.2) is 24.5 Å². The first-order chi connectivity index (χ1) is 6.18. The van der Waals surface area contributed by atoms with Crippen LogP contribution in [0.25, 0.3) is 11.0 Å². The van der Waals surface area contributed by atoms with Gasteiger partial charge in [-0.05, 0) is 18.2 Å². The van der Waals surface area contributed by atoms with Gasteiger partial charge in [0.2, 0.25) is 0 Å². The number of benzene rings is 1. The normalized spacial score (nSPS) is 10.5. The maximum absolute atomic E-state index is 10.6. The van der Waals surface area contributed by atoms with Crippen LogP contribution in [0.5, 0.6) is 0 Å². The average Bonchev–Trinajstić information content (AvgIpc) is 2.47. The molecule has 0 atom stereocenters. The van der Waals surface area contributed by atoms with E-state index in [4.69, 9.17) is 16.9 Å². The Hall–Kier alpha value is -1.55. The molecular weight excluding hydrogens is 192 g/mol. The highest BCUT2D eigenvalue weighted by Gasteiger charge is 2.06. The number of carbonyl (C=O) groups is 1. The molecule has 0 bridgehead atoms. The lowest BCUT2D eigenvalue weighted by Gasteiger charge is -1.94. The molecule has 5 heteroatoms. The highest BCUT2D eigenvalue weighted by atomic mass is 35.5. The Morgan fingerprint density at radius 3 is 3.00 bits per heavy atom. The molecule has 0 aliphatic rings. The SMILES string of the molecule is O=C(O)c1ccc2c(c1)ncn2Cl. The lowest BCUT2D eigenvalue weighted by molar-refractivity contribution is 0.0697. The molecule has 2 aromatic rings. The van der Waals surface area contributed by atoms with Crippen molar-refractivity contribution in [3.8, 4) is 0 Å². The largest absolute Gasteiger partial charge is 0.478 e. The molecule has 0 radical (unpaired) electrons. The van der Waals surface area contributed by atoms with Gasteiger partial charge in [0.1, 0.15) is 6.33 Å². The summed E-state index contributed by atoms with van der Waals surface area (Å²) in [4.78, 5) is 14.5. The van der Waals surface area contributed by atoms with E-state index in [0.29, 0.717) is 11.0 Å². The lowest BCUT2D eigenvalue weighted by Crippen LogP contribution is -1.95. The minimum atomic E-state index is -0.967. The number of aromatic carboxylic acids is 1. The lowest BCUT2D eigenvalue weighted by atomic mass is 10.2. The Morgan fingerprint density at radius 2 is 2.31 bits per heavy atom. The van der Waals surface area contributed by atoms with Crippen molar-refractivity contribution in [2.24, 2.45) is 0 Å². The highest BCUT2D eigenvalue weighted by Crippen LogP contribution is 2.15. The minimum Gasteiger partial charge on any atom is -0.478 e. The topological polar surface area (TPSA) is 55.1 Å². The first-order valence-electron chi connectivity index (χ1n) is 3.55. The van der Waals surface area contributed by atoms with Crippen molar-refractivity contribution in [3.05, 3.63) is 30.1 Å². The van der Waals surface area contributed by atoms with E-state index in [2.05, 4.69) is 4.98 Å². The van der Waals surface area contributed by atoms with Gasteiger partial charge in [0, 0.05) is 11.8 Å². The molecule has 0 amide bonds. The number of rotatable bonds is 1. The van der Waals surface area contributed by atoms with Gasteiger partial charge in [-0.2, -0.15) is 0 Å². The minimum absolute atomic E-state index is 0.211. The summed E-state index contributed by atoms with van der Waals surface area (Å²) in [6, 6.07) is 4.60. The predicted octanol–water partition coefficient (Wildman–Crippen LogP) is 1.74. The Balaban J connectivity index is 2.70. The second-order valence-corrected chi connectivity index (χ2v) is 2.93. The molecule has 2 rings (SSSR count). The Bertz CT molecular complexity index is 478. The number of imidazole rings is 1. The van der Waals surface area contributed by atoms with Gasteiger partial charge in [-0.3, -0.25) is 0 Å². The molecule has 1 N–H and O–H groups in total. The number of carboxylic acids is 1. The maximum Gasteiger partial charge on any atom is 0.335 e. The van der Waals surface area contributed by atoms with Gasteiger partial charge in [-0.25, -0.2) is 13.9 Å². The molecule has 13 heavy (non-hydrogen) atoms. The average molecular weight is 197 g/mol. The van der Waals surface area contributed by atoms with E-state index >= 15 is 0 Å². The number of nitrogens with zero attached hydrogens (tertiary/aromatic N) is 2. The number of aromatic nitrogens is 2. The van der Waals surface area contributed by atoms with E-state index < -0.39 is 5.97 Å². The summed E-state index contributed by atoms with van der Waals surface area (Å²) >= 11 is 5.71. The van der Waals surface area contributed by atoms with Gasteiger partial charge >= 0.3 is 5.97 Å². The maximum atomic E-state index is 10.6. The molecule has 4 nitrogen and oxygen atoms in total. The number of hydrogen-bond donors (Lipinski definition) is 1. The molecule has 66 valence electrons. The second-order valence-electron chi connectivity index (χ2n) is 2.56. The van der Waals surface area contributed by atoms with E-state index in [-0.39, 0.29) is 5.56 Å². The fraction of sp³-hybridized carbons (Fsp3) is 0. The Morgan fingerprint density at radius 1 is 1.54 bits per heavy atom. The molecule has 0 aliphatic carbocycles. The molecule has 1 aromatic heterocycles. The quantitative estimate of drug-likeness (QED) is 0.756. The molecule has 0 fully saturated rings. The Kier molecular flexibility index (Phi) is 1.70. The summed E-state index contributed by atoms with van der Waals surface area (Å²) in [5.41, 5.74) is 1.49. The van der Waals surface area contributed by atoms with Crippen LogP contribution in [-0.2, 0) is 0 Å². The number of hydrogen-bond acceptors (Lipinski definition) is 2. The monoisotopic (exact) mass is 196 g/mol. The van der Waals surface area contributed by atoms with E-state index in [0.717, 1.165) is 0 Å². The predicted molar refractivity (Wildman–Crippen MR) is 47.9 cm³/mol. The third-order valence-electron chi connectivity index (χ3n) is 1.75. The van der Waals surface area contributed by atoms with Gasteiger partial charge in [0.15, 0.2) is 0 Å². The van der Waals surface area contributed by atoms with Crippen LogP contribution in [-0.4, -0.2) is 20.1 Å². The summed E-state index contributed by atoms with van der Waals surface area (Å²) in [7, 11) is 0. The third-order valence-corrected chi connectivity index (χ3v) is 2.02. The van der Waals surface area contributed by atoms with Gasteiger partial charge in [-0.15, -0.1) is 0 Å². The van der Waals surface area contributed by atoms with Gasteiger partial charge in [-0.1, -0.05) is 0 Å². The number of carboxylic acid groups (broad SMARTS) is 1. The smallest absolute Gasteiger partial charge is 0.335 e. The molecular formula is C8H5ClN2O2. The van der Waals surface area contributed by atoms with Gasteiger partial charge in [0.25, 0.3) is 0 Å². The standard InChI is InChI=1S/C8H5ClN2O2/c9-11-4-10-6-3-5(8(12)13)1-2-7(6)11/h1-4H,(H,12,13). The van der Waals surface area contributed by atoms with Gasteiger partial charge in [0.05, 0.1) is 16.6 Å². The van der Waals surface area contributed by atoms with Crippen LogP contribution in [0.2, 0.25) is 0 Å². The molecule has 1 aromatic carbocycles. The first kappa shape index (κ1) is 8.07. The van der Waals surface area contributed by atoms with Crippen LogP contribution in [0.4, 0.5) is 0 Å². The zero-order valence-corrected chi connectivity index (χ0v) is 7.19. The van der Waals surface area contributed by atoms with E-state index in [1.54, 1.807) is 6.07 Å². The van der Waals surface area contributed by atoms with Crippen LogP contribution < -0.4 is 0 Å². The van der Waals surface area contributed by atoms with Crippen molar-refractivity contribution in [2.45, 2.75) is 0 Å². The fourth-order valence-corrected chi connectivity index (χ4v) is 1.30. The van der Waals surface area contributed by atoms with Crippen molar-refractivity contribution < 1.29 is 9.90 Å². The van der Waals surface area contributed by atoms with Crippen molar-refractivity contribution in [3.63, 3.8) is 0 Å². The molecule has 1 heterocycles. The van der Waals surface area contributed by atoms with Crippen molar-refractivity contribution >= 4 is 28.8 Å². The molecule has 0 aliphatic heterocycles. The van der Waals surface area contributed by atoms with Gasteiger partial charge < -0.3 is 5.11 Å². The summed E-state index contributed by atoms with van der Waals surface area (Å²) in [5, 5.41) is 8.68. The zero-order chi connectivity index (χ0) is 9.42. The molecule has 0 saturated carbocycles. The number of halogens is 1. The van der Waals surface area contributed by atoms with Crippen LogP contribution in [0, 0.1) is 0 Å². The third kappa shape index (κ3) is 1.25.